The van der Waals surface area contributed by atoms with Crippen LogP contribution in [-0.4, -0.2) is 54.1 Å². The summed E-state index contributed by atoms with van der Waals surface area (Å²) >= 11 is 34.9. The van der Waals surface area contributed by atoms with Crippen molar-refractivity contribution in [2.45, 2.75) is 33.6 Å². The molecule has 11 heteroatoms. The lowest BCUT2D eigenvalue weighted by Gasteiger charge is -2.45. The molecular formula is C14H18Cl6N2O3. The molecule has 3 atom stereocenters. The minimum absolute atomic E-state index is 0.0162. The van der Waals surface area contributed by atoms with Gasteiger partial charge in [-0.2, -0.15) is 0 Å². The number of rotatable bonds is 3. The van der Waals surface area contributed by atoms with Gasteiger partial charge in [0.15, 0.2) is 7.59 Å². The fraction of sp³-hybridized carbons (Fsp3) is 0.714. The van der Waals surface area contributed by atoms with E-state index in [1.165, 1.54) is 20.2 Å². The zero-order valence-electron chi connectivity index (χ0n) is 13.9. The molecule has 1 rings (SSSR count). The molecule has 1 fully saturated rings. The average molecular weight is 475 g/mol. The fourth-order valence-corrected chi connectivity index (χ4v) is 2.71. The Bertz CT molecular complexity index is 586. The number of nitrogens with zero attached hydrogens (tertiary/aromatic N) is 2. The summed E-state index contributed by atoms with van der Waals surface area (Å²) in [5, 5.41) is 10.8. The van der Waals surface area contributed by atoms with Gasteiger partial charge in [-0.15, -0.1) is 0 Å². The maximum atomic E-state index is 12.7. The van der Waals surface area contributed by atoms with Gasteiger partial charge in [0.05, 0.1) is 0 Å². The highest BCUT2D eigenvalue weighted by Gasteiger charge is 2.53. The molecule has 0 aliphatic carbocycles. The van der Waals surface area contributed by atoms with Gasteiger partial charge in [-0.25, -0.2) is 0 Å². The van der Waals surface area contributed by atoms with E-state index in [1.807, 2.05) is 0 Å². The molecule has 144 valence electrons. The number of amides is 2. The Morgan fingerprint density at radius 3 is 1.96 bits per heavy atom. The summed E-state index contributed by atoms with van der Waals surface area (Å²) in [4.78, 5) is 27.3. The number of aliphatic hydroxyl groups is 1. The molecular weight excluding hydrogens is 457 g/mol. The second-order valence-corrected chi connectivity index (χ2v) is 10.8. The van der Waals surface area contributed by atoms with E-state index in [9.17, 15) is 14.7 Å². The molecule has 0 bridgehead atoms. The first-order chi connectivity index (χ1) is 11.0. The molecule has 0 aromatic rings. The monoisotopic (exact) mass is 472 g/mol. The Labute approximate surface area is 176 Å². The Kier molecular flexibility index (Phi) is 7.29. The Hall–Kier alpha value is 0.380. The van der Waals surface area contributed by atoms with Gasteiger partial charge >= 0.3 is 0 Å². The molecule has 0 unspecified atom stereocenters. The molecule has 1 aliphatic heterocycles. The third-order valence-corrected chi connectivity index (χ3v) is 6.31. The van der Waals surface area contributed by atoms with Crippen LogP contribution in [0.15, 0.2) is 11.8 Å². The lowest BCUT2D eigenvalue weighted by molar-refractivity contribution is -0.187. The van der Waals surface area contributed by atoms with Crippen molar-refractivity contribution in [2.75, 3.05) is 14.1 Å². The van der Waals surface area contributed by atoms with Gasteiger partial charge in [0.25, 0.3) is 11.8 Å². The summed E-state index contributed by atoms with van der Waals surface area (Å²) in [6, 6.07) is 0. The van der Waals surface area contributed by atoms with Gasteiger partial charge in [-0.05, 0) is 6.08 Å². The summed E-state index contributed by atoms with van der Waals surface area (Å²) in [5.74, 6) is -2.74. The molecule has 2 amide bonds. The van der Waals surface area contributed by atoms with Gasteiger partial charge < -0.3 is 14.9 Å². The highest BCUT2D eigenvalue weighted by atomic mass is 35.6. The SMILES string of the molecule is C[C@@H](/C=C1/C(=O)N(C)[C@@](O)(C[C@H](C)C(Cl)(Cl)Cl)C(=O)N1C)C(Cl)(Cl)Cl. The smallest absolute Gasteiger partial charge is 0.280 e. The van der Waals surface area contributed by atoms with Crippen molar-refractivity contribution in [3.05, 3.63) is 11.8 Å². The van der Waals surface area contributed by atoms with E-state index in [4.69, 9.17) is 69.6 Å². The normalized spacial score (nSPS) is 27.1. The first kappa shape index (κ1) is 23.4. The van der Waals surface area contributed by atoms with Crippen LogP contribution in [0.3, 0.4) is 0 Å². The van der Waals surface area contributed by atoms with Crippen molar-refractivity contribution in [1.29, 1.82) is 0 Å². The predicted molar refractivity (Wildman–Crippen MR) is 102 cm³/mol. The number of halogens is 6. The third-order valence-electron chi connectivity index (χ3n) is 4.16. The van der Waals surface area contributed by atoms with E-state index in [0.29, 0.717) is 0 Å². The highest BCUT2D eigenvalue weighted by molar-refractivity contribution is 6.68. The Balaban J connectivity index is 3.24. The van der Waals surface area contributed by atoms with E-state index in [-0.39, 0.29) is 12.1 Å². The molecule has 0 spiro atoms. The zero-order chi connectivity index (χ0) is 20.0. The highest BCUT2D eigenvalue weighted by Crippen LogP contribution is 2.42. The number of likely N-dealkylation sites (N-methyl/N-ethyl adjacent to an activating group) is 2. The number of carbonyl (C=O) groups excluding carboxylic acids is 2. The van der Waals surface area contributed by atoms with Crippen LogP contribution in [-0.2, 0) is 9.59 Å². The summed E-state index contributed by atoms with van der Waals surface area (Å²) in [7, 11) is 2.63. The van der Waals surface area contributed by atoms with Gasteiger partial charge in [-0.1, -0.05) is 83.5 Å². The quantitative estimate of drug-likeness (QED) is 0.498. The van der Waals surface area contributed by atoms with E-state index >= 15 is 0 Å². The van der Waals surface area contributed by atoms with Crippen LogP contribution < -0.4 is 0 Å². The Morgan fingerprint density at radius 2 is 1.56 bits per heavy atom. The van der Waals surface area contributed by atoms with Gasteiger partial charge in [0, 0.05) is 32.4 Å². The molecule has 0 aromatic carbocycles. The van der Waals surface area contributed by atoms with Crippen molar-refractivity contribution >= 4 is 81.4 Å². The summed E-state index contributed by atoms with van der Waals surface area (Å²) in [5.41, 5.74) is -2.17. The first-order valence-corrected chi connectivity index (χ1v) is 9.44. The summed E-state index contributed by atoms with van der Waals surface area (Å²) in [6.45, 7) is 3.13. The number of alkyl halides is 6. The minimum atomic E-state index is -2.16. The zero-order valence-corrected chi connectivity index (χ0v) is 18.4. The molecule has 5 nitrogen and oxygen atoms in total. The number of hydrogen-bond donors (Lipinski definition) is 1. The van der Waals surface area contributed by atoms with Crippen molar-refractivity contribution < 1.29 is 14.7 Å². The van der Waals surface area contributed by atoms with Crippen LogP contribution in [0.1, 0.15) is 20.3 Å². The predicted octanol–water partition coefficient (Wildman–Crippen LogP) is 3.89. The largest absolute Gasteiger partial charge is 0.363 e. The van der Waals surface area contributed by atoms with Gasteiger partial charge in [0.1, 0.15) is 5.70 Å². The lowest BCUT2D eigenvalue weighted by atomic mass is 9.93. The molecule has 1 N–H and O–H groups in total. The molecule has 1 heterocycles. The third kappa shape index (κ3) is 5.01. The van der Waals surface area contributed by atoms with Crippen LogP contribution >= 0.6 is 69.6 Å². The second kappa shape index (κ2) is 7.78. The molecule has 0 radical (unpaired) electrons. The van der Waals surface area contributed by atoms with E-state index in [0.717, 1.165) is 9.80 Å². The van der Waals surface area contributed by atoms with Crippen molar-refractivity contribution in [2.24, 2.45) is 11.8 Å². The van der Waals surface area contributed by atoms with Crippen LogP contribution in [0, 0.1) is 11.8 Å². The molecule has 1 aliphatic rings. The van der Waals surface area contributed by atoms with E-state index in [2.05, 4.69) is 0 Å². The standard InChI is InChI=1S/C14H18Cl6N2O3/c1-7(13(15,16)17)5-9-10(23)22(4)12(25,11(24)21(9)3)6-8(2)14(18,19)20/h5,7-8,25H,6H2,1-4H3/b9-5-/t7-,8-,12+/m0/s1. The van der Waals surface area contributed by atoms with Crippen LogP contribution in [0.2, 0.25) is 0 Å². The minimum Gasteiger partial charge on any atom is -0.363 e. The summed E-state index contributed by atoms with van der Waals surface area (Å²) < 4.78 is -3.37. The molecule has 25 heavy (non-hydrogen) atoms. The molecule has 0 saturated carbocycles. The second-order valence-electron chi connectivity index (χ2n) is 6.07. The fourth-order valence-electron chi connectivity index (χ4n) is 2.29. The number of piperazine rings is 1. The van der Waals surface area contributed by atoms with Crippen LogP contribution in [0.5, 0.6) is 0 Å². The van der Waals surface area contributed by atoms with Gasteiger partial charge in [0.2, 0.25) is 5.72 Å². The maximum absolute atomic E-state index is 12.7. The lowest BCUT2D eigenvalue weighted by Crippen LogP contribution is -2.66. The number of allylic oxidation sites excluding steroid dienone is 1. The number of hydrogen-bond acceptors (Lipinski definition) is 3. The van der Waals surface area contributed by atoms with Crippen molar-refractivity contribution in [3.63, 3.8) is 0 Å². The summed E-state index contributed by atoms with van der Waals surface area (Å²) in [6.07, 6.45) is 1.10. The van der Waals surface area contributed by atoms with E-state index in [1.54, 1.807) is 13.8 Å². The van der Waals surface area contributed by atoms with Gasteiger partial charge in [-0.3, -0.25) is 9.59 Å². The van der Waals surface area contributed by atoms with Crippen LogP contribution in [0.4, 0.5) is 0 Å². The van der Waals surface area contributed by atoms with Crippen molar-refractivity contribution in [1.82, 2.24) is 9.80 Å². The van der Waals surface area contributed by atoms with E-state index < -0.39 is 37.0 Å². The van der Waals surface area contributed by atoms with Crippen molar-refractivity contribution in [3.8, 4) is 0 Å². The van der Waals surface area contributed by atoms with Crippen LogP contribution in [0.25, 0.3) is 0 Å². The molecule has 1 saturated heterocycles. The topological polar surface area (TPSA) is 60.9 Å². The maximum Gasteiger partial charge on any atom is 0.280 e. The Morgan fingerprint density at radius 1 is 1.08 bits per heavy atom. The average Bonchev–Trinajstić information content (AvgIpc) is 2.45. The number of carbonyl (C=O) groups is 2. The first-order valence-electron chi connectivity index (χ1n) is 7.17. The molecule has 0 aromatic heterocycles.